The Morgan fingerprint density at radius 1 is 0.250 bits per heavy atom. The summed E-state index contributed by atoms with van der Waals surface area (Å²) in [5.41, 5.74) is 0.424. The van der Waals surface area contributed by atoms with Gasteiger partial charge >= 0.3 is 0 Å². The fourth-order valence-electron chi connectivity index (χ4n) is 7.66. The van der Waals surface area contributed by atoms with Crippen LogP contribution >= 0.6 is 0 Å². The van der Waals surface area contributed by atoms with E-state index in [4.69, 9.17) is 0 Å². The first kappa shape index (κ1) is 44.0. The minimum atomic E-state index is 0.396. The molecule has 0 aromatic carbocycles. The molecule has 1 unspecified atom stereocenters. The van der Waals surface area contributed by atoms with Crippen molar-refractivity contribution in [2.24, 2.45) is 5.41 Å². The predicted molar refractivity (Wildman–Crippen MR) is 202 cm³/mol. The molecule has 266 valence electrons. The summed E-state index contributed by atoms with van der Waals surface area (Å²) >= 11 is 0. The molecule has 0 radical (unpaired) electrons. The molecule has 0 aromatic heterocycles. The molecule has 0 saturated carbocycles. The smallest absolute Gasteiger partial charge is 0.0436 e. The van der Waals surface area contributed by atoms with Crippen molar-refractivity contribution in [3.8, 4) is 0 Å². The van der Waals surface area contributed by atoms with Crippen molar-refractivity contribution >= 4 is 0 Å². The van der Waals surface area contributed by atoms with Gasteiger partial charge in [0.25, 0.3) is 0 Å². The van der Waals surface area contributed by atoms with Crippen LogP contribution in [0.5, 0.6) is 0 Å². The van der Waals surface area contributed by atoms with Gasteiger partial charge in [-0.3, -0.25) is 0 Å². The molecule has 0 aliphatic heterocycles. The van der Waals surface area contributed by atoms with Crippen LogP contribution < -0.4 is 0 Å². The van der Waals surface area contributed by atoms with E-state index < -0.39 is 0 Å². The Balaban J connectivity index is 4.15. The summed E-state index contributed by atoms with van der Waals surface area (Å²) in [6.45, 7) is 7.33. The van der Waals surface area contributed by atoms with Crippen LogP contribution in [-0.2, 0) is 0 Å². The fourth-order valence-corrected chi connectivity index (χ4v) is 7.66. The number of unbranched alkanes of at least 4 members (excludes halogenated alkanes) is 31. The van der Waals surface area contributed by atoms with Gasteiger partial charge in [-0.15, -0.1) is 0 Å². The molecule has 44 heavy (non-hydrogen) atoms. The molecular weight excluding hydrogens is 532 g/mol. The fraction of sp³-hybridized carbons (Fsp3) is 1.00. The Kier molecular flexibility index (Phi) is 37.4. The monoisotopic (exact) mass is 621 g/mol. The Morgan fingerprint density at radius 2 is 0.432 bits per heavy atom. The van der Waals surface area contributed by atoms with Gasteiger partial charge in [0, 0.05) is 6.61 Å². The van der Waals surface area contributed by atoms with E-state index in [1.54, 1.807) is 0 Å². The molecule has 0 saturated heterocycles. The lowest BCUT2D eigenvalue weighted by Gasteiger charge is -2.34. The summed E-state index contributed by atoms with van der Waals surface area (Å²) in [6, 6.07) is 0. The van der Waals surface area contributed by atoms with Gasteiger partial charge in [-0.25, -0.2) is 0 Å². The molecule has 0 aromatic rings. The summed E-state index contributed by atoms with van der Waals surface area (Å²) in [4.78, 5) is 0. The minimum Gasteiger partial charge on any atom is -0.396 e. The zero-order valence-corrected chi connectivity index (χ0v) is 31.5. The van der Waals surface area contributed by atoms with Crippen LogP contribution in [0.25, 0.3) is 0 Å². The second-order valence-corrected chi connectivity index (χ2v) is 15.2. The first-order valence-corrected chi connectivity index (χ1v) is 21.4. The first-order valence-electron chi connectivity index (χ1n) is 21.4. The summed E-state index contributed by atoms with van der Waals surface area (Å²) in [7, 11) is 0. The van der Waals surface area contributed by atoms with Crippen molar-refractivity contribution < 1.29 is 5.11 Å². The normalized spacial score (nSPS) is 13.1. The van der Waals surface area contributed by atoms with Crippen molar-refractivity contribution in [2.45, 2.75) is 265 Å². The third kappa shape index (κ3) is 31.9. The number of rotatable bonds is 39. The predicted octanol–water partition coefficient (Wildman–Crippen LogP) is 15.8. The molecule has 0 fully saturated rings. The van der Waals surface area contributed by atoms with E-state index in [0.29, 0.717) is 12.0 Å². The standard InChI is InChI=1S/C43H88O/c1-4-7-10-13-16-18-20-21-22-23-24-25-26-28-31-34-37-40-43(41-42-44,38-35-32-29-15-12-9-6-3)39-36-33-30-27-19-17-14-11-8-5-2/h44H,4-42H2,1-3H3. The van der Waals surface area contributed by atoms with Crippen molar-refractivity contribution in [1.82, 2.24) is 0 Å². The van der Waals surface area contributed by atoms with Crippen LogP contribution in [0.4, 0.5) is 0 Å². The van der Waals surface area contributed by atoms with Gasteiger partial charge in [0.2, 0.25) is 0 Å². The molecule has 0 heterocycles. The Morgan fingerprint density at radius 3 is 0.614 bits per heavy atom. The Hall–Kier alpha value is -0.0400. The van der Waals surface area contributed by atoms with Crippen molar-refractivity contribution in [3.63, 3.8) is 0 Å². The second-order valence-electron chi connectivity index (χ2n) is 15.2. The number of aliphatic hydroxyl groups excluding tert-OH is 1. The Bertz CT molecular complexity index is 501. The highest BCUT2D eigenvalue weighted by molar-refractivity contribution is 4.80. The molecule has 0 rings (SSSR count). The van der Waals surface area contributed by atoms with E-state index in [1.807, 2.05) is 0 Å². The molecule has 1 heteroatoms. The van der Waals surface area contributed by atoms with Crippen molar-refractivity contribution in [2.75, 3.05) is 6.61 Å². The van der Waals surface area contributed by atoms with E-state index in [1.165, 1.54) is 238 Å². The average molecular weight is 621 g/mol. The lowest BCUT2D eigenvalue weighted by molar-refractivity contribution is 0.132. The highest BCUT2D eigenvalue weighted by Crippen LogP contribution is 2.40. The summed E-state index contributed by atoms with van der Waals surface area (Å²) in [6.07, 6.45) is 53.9. The molecule has 1 nitrogen and oxygen atoms in total. The Labute approximate surface area is 281 Å². The van der Waals surface area contributed by atoms with Gasteiger partial charge in [0.05, 0.1) is 0 Å². The molecule has 0 bridgehead atoms. The lowest BCUT2D eigenvalue weighted by atomic mass is 9.72. The number of aliphatic hydroxyl groups is 1. The summed E-state index contributed by atoms with van der Waals surface area (Å²) in [5, 5.41) is 10.1. The second kappa shape index (κ2) is 37.4. The summed E-state index contributed by atoms with van der Waals surface area (Å²) < 4.78 is 0. The van der Waals surface area contributed by atoms with Gasteiger partial charge in [-0.05, 0) is 31.1 Å². The molecule has 1 atom stereocenters. The maximum absolute atomic E-state index is 10.1. The minimum absolute atomic E-state index is 0.396. The van der Waals surface area contributed by atoms with Gasteiger partial charge in [0.15, 0.2) is 0 Å². The van der Waals surface area contributed by atoms with Gasteiger partial charge in [-0.1, -0.05) is 239 Å². The van der Waals surface area contributed by atoms with Crippen LogP contribution in [0.1, 0.15) is 265 Å². The van der Waals surface area contributed by atoms with Crippen molar-refractivity contribution in [3.05, 3.63) is 0 Å². The third-order valence-electron chi connectivity index (χ3n) is 10.8. The zero-order chi connectivity index (χ0) is 32.1. The molecule has 0 aliphatic carbocycles. The van der Waals surface area contributed by atoms with E-state index in [-0.39, 0.29) is 0 Å². The maximum atomic E-state index is 10.1. The molecule has 1 N–H and O–H groups in total. The van der Waals surface area contributed by atoms with Crippen molar-refractivity contribution in [1.29, 1.82) is 0 Å². The summed E-state index contributed by atoms with van der Waals surface area (Å²) in [5.74, 6) is 0. The molecule has 0 spiro atoms. The van der Waals surface area contributed by atoms with Gasteiger partial charge in [-0.2, -0.15) is 0 Å². The van der Waals surface area contributed by atoms with Crippen LogP contribution in [0, 0.1) is 5.41 Å². The topological polar surface area (TPSA) is 20.2 Å². The van der Waals surface area contributed by atoms with Crippen LogP contribution in [-0.4, -0.2) is 11.7 Å². The number of hydrogen-bond donors (Lipinski definition) is 1. The van der Waals surface area contributed by atoms with Crippen LogP contribution in [0.3, 0.4) is 0 Å². The van der Waals surface area contributed by atoms with Gasteiger partial charge in [0.1, 0.15) is 0 Å². The quantitative estimate of drug-likeness (QED) is 0.0678. The van der Waals surface area contributed by atoms with Crippen LogP contribution in [0.15, 0.2) is 0 Å². The van der Waals surface area contributed by atoms with E-state index in [0.717, 1.165) is 6.42 Å². The highest BCUT2D eigenvalue weighted by atomic mass is 16.3. The number of hydrogen-bond acceptors (Lipinski definition) is 1. The molecule has 0 aliphatic rings. The average Bonchev–Trinajstić information content (AvgIpc) is 3.03. The third-order valence-corrected chi connectivity index (χ3v) is 10.8. The van der Waals surface area contributed by atoms with Gasteiger partial charge < -0.3 is 5.11 Å². The largest absolute Gasteiger partial charge is 0.396 e. The molecular formula is C43H88O. The van der Waals surface area contributed by atoms with E-state index in [9.17, 15) is 5.11 Å². The maximum Gasteiger partial charge on any atom is 0.0436 e. The van der Waals surface area contributed by atoms with E-state index >= 15 is 0 Å². The molecule has 0 amide bonds. The van der Waals surface area contributed by atoms with Crippen LogP contribution in [0.2, 0.25) is 0 Å². The lowest BCUT2D eigenvalue weighted by Crippen LogP contribution is -2.23. The van der Waals surface area contributed by atoms with E-state index in [2.05, 4.69) is 20.8 Å². The SMILES string of the molecule is CCCCCCCCCCCCCCCCCCCC(CCO)(CCCCCCCCC)CCCCCCCCCCCC. The highest BCUT2D eigenvalue weighted by Gasteiger charge is 2.28. The first-order chi connectivity index (χ1) is 21.7. The zero-order valence-electron chi connectivity index (χ0n) is 31.5.